The summed E-state index contributed by atoms with van der Waals surface area (Å²) in [6, 6.07) is 0. The standard InChI is InChI=1S/C12H17N3O2S/c1-8(16)10-7-14-12(18-10)15-11(17)3-2-9-4-5-13-6-9/h7,9,13H,2-6H2,1H3,(H,14,15,17). The Bertz CT molecular complexity index is 438. The number of ketones is 1. The summed E-state index contributed by atoms with van der Waals surface area (Å²) in [5.41, 5.74) is 0. The van der Waals surface area contributed by atoms with E-state index < -0.39 is 0 Å². The molecule has 1 aromatic heterocycles. The minimum absolute atomic E-state index is 0.0219. The lowest BCUT2D eigenvalue weighted by atomic mass is 10.0. The van der Waals surface area contributed by atoms with Gasteiger partial charge in [-0.3, -0.25) is 9.59 Å². The average Bonchev–Trinajstić information content (AvgIpc) is 2.96. The number of hydrogen-bond acceptors (Lipinski definition) is 5. The minimum Gasteiger partial charge on any atom is -0.316 e. The molecule has 1 fully saturated rings. The van der Waals surface area contributed by atoms with Crippen LogP contribution in [0.1, 0.15) is 35.9 Å². The van der Waals surface area contributed by atoms with Crippen LogP contribution in [0.15, 0.2) is 6.20 Å². The van der Waals surface area contributed by atoms with E-state index in [2.05, 4.69) is 15.6 Å². The lowest BCUT2D eigenvalue weighted by Crippen LogP contribution is -2.14. The monoisotopic (exact) mass is 267 g/mol. The largest absolute Gasteiger partial charge is 0.316 e. The van der Waals surface area contributed by atoms with E-state index in [4.69, 9.17) is 0 Å². The minimum atomic E-state index is -0.0231. The Kier molecular flexibility index (Phi) is 4.43. The Balaban J connectivity index is 1.77. The van der Waals surface area contributed by atoms with E-state index in [1.165, 1.54) is 24.5 Å². The van der Waals surface area contributed by atoms with Gasteiger partial charge in [-0.25, -0.2) is 4.98 Å². The van der Waals surface area contributed by atoms with E-state index in [0.29, 0.717) is 22.3 Å². The maximum Gasteiger partial charge on any atom is 0.226 e. The fourth-order valence-corrected chi connectivity index (χ4v) is 2.70. The highest BCUT2D eigenvalue weighted by Crippen LogP contribution is 2.19. The summed E-state index contributed by atoms with van der Waals surface area (Å²) in [5, 5.41) is 6.53. The second-order valence-corrected chi connectivity index (χ2v) is 5.56. The quantitative estimate of drug-likeness (QED) is 0.796. The van der Waals surface area contributed by atoms with Crippen LogP contribution >= 0.6 is 11.3 Å². The summed E-state index contributed by atoms with van der Waals surface area (Å²) in [6.45, 7) is 3.56. The van der Waals surface area contributed by atoms with Crippen LogP contribution in [0.5, 0.6) is 0 Å². The number of aromatic nitrogens is 1. The predicted molar refractivity (Wildman–Crippen MR) is 71.0 cm³/mol. The van der Waals surface area contributed by atoms with E-state index in [9.17, 15) is 9.59 Å². The van der Waals surface area contributed by atoms with Crippen molar-refractivity contribution in [3.05, 3.63) is 11.1 Å². The molecule has 1 saturated heterocycles. The molecule has 0 spiro atoms. The highest BCUT2D eigenvalue weighted by molar-refractivity contribution is 7.17. The van der Waals surface area contributed by atoms with Crippen molar-refractivity contribution < 1.29 is 9.59 Å². The van der Waals surface area contributed by atoms with Gasteiger partial charge in [0.15, 0.2) is 10.9 Å². The van der Waals surface area contributed by atoms with Gasteiger partial charge in [-0.2, -0.15) is 0 Å². The highest BCUT2D eigenvalue weighted by atomic mass is 32.1. The molecule has 6 heteroatoms. The molecule has 0 aliphatic carbocycles. The van der Waals surface area contributed by atoms with Gasteiger partial charge in [-0.05, 0) is 31.8 Å². The maximum atomic E-state index is 11.7. The summed E-state index contributed by atoms with van der Waals surface area (Å²) in [4.78, 5) is 27.4. The third-order valence-corrected chi connectivity index (χ3v) is 4.05. The number of hydrogen-bond donors (Lipinski definition) is 2. The van der Waals surface area contributed by atoms with Crippen molar-refractivity contribution in [3.63, 3.8) is 0 Å². The molecule has 5 nitrogen and oxygen atoms in total. The van der Waals surface area contributed by atoms with Gasteiger partial charge in [0.1, 0.15) is 0 Å². The van der Waals surface area contributed by atoms with Gasteiger partial charge < -0.3 is 10.6 Å². The first-order valence-corrected chi connectivity index (χ1v) is 6.94. The van der Waals surface area contributed by atoms with Gasteiger partial charge in [0.2, 0.25) is 5.91 Å². The number of carbonyl (C=O) groups is 2. The molecule has 1 aliphatic heterocycles. The average molecular weight is 267 g/mol. The Morgan fingerprint density at radius 1 is 1.61 bits per heavy atom. The molecule has 1 unspecified atom stereocenters. The molecule has 0 saturated carbocycles. The fourth-order valence-electron chi connectivity index (χ4n) is 1.97. The van der Waals surface area contributed by atoms with Crippen LogP contribution in [0.3, 0.4) is 0 Å². The molecular formula is C12H17N3O2S. The molecule has 1 atom stereocenters. The van der Waals surface area contributed by atoms with Gasteiger partial charge in [0.25, 0.3) is 0 Å². The van der Waals surface area contributed by atoms with Crippen molar-refractivity contribution in [3.8, 4) is 0 Å². The molecule has 1 aromatic rings. The lowest BCUT2D eigenvalue weighted by Gasteiger charge is -2.06. The van der Waals surface area contributed by atoms with E-state index in [1.807, 2.05) is 0 Å². The zero-order valence-electron chi connectivity index (χ0n) is 10.4. The van der Waals surface area contributed by atoms with E-state index >= 15 is 0 Å². The molecule has 2 N–H and O–H groups in total. The zero-order valence-corrected chi connectivity index (χ0v) is 11.2. The molecule has 18 heavy (non-hydrogen) atoms. The molecule has 2 rings (SSSR count). The van der Waals surface area contributed by atoms with Crippen molar-refractivity contribution in [2.75, 3.05) is 18.4 Å². The number of thiazole rings is 1. The van der Waals surface area contributed by atoms with Crippen LogP contribution < -0.4 is 10.6 Å². The van der Waals surface area contributed by atoms with E-state index in [-0.39, 0.29) is 11.7 Å². The van der Waals surface area contributed by atoms with Gasteiger partial charge in [-0.15, -0.1) is 0 Å². The van der Waals surface area contributed by atoms with Gasteiger partial charge in [0, 0.05) is 13.3 Å². The van der Waals surface area contributed by atoms with Crippen molar-refractivity contribution >= 4 is 28.2 Å². The normalized spacial score (nSPS) is 18.8. The molecule has 0 radical (unpaired) electrons. The summed E-state index contributed by atoms with van der Waals surface area (Å²) >= 11 is 1.22. The zero-order chi connectivity index (χ0) is 13.0. The topological polar surface area (TPSA) is 71.1 Å². The van der Waals surface area contributed by atoms with Gasteiger partial charge in [-0.1, -0.05) is 11.3 Å². The second-order valence-electron chi connectivity index (χ2n) is 4.53. The van der Waals surface area contributed by atoms with Crippen LogP contribution in [0.4, 0.5) is 5.13 Å². The number of carbonyl (C=O) groups excluding carboxylic acids is 2. The Labute approximate surface area is 110 Å². The maximum absolute atomic E-state index is 11.7. The fraction of sp³-hybridized carbons (Fsp3) is 0.583. The molecule has 1 aliphatic rings. The summed E-state index contributed by atoms with van der Waals surface area (Å²) in [5.74, 6) is 0.566. The van der Waals surface area contributed by atoms with Crippen molar-refractivity contribution in [2.45, 2.75) is 26.2 Å². The number of rotatable bonds is 5. The van der Waals surface area contributed by atoms with Gasteiger partial charge in [0.05, 0.1) is 11.1 Å². The summed E-state index contributed by atoms with van der Waals surface area (Å²) in [6.07, 6.45) is 4.08. The first-order valence-electron chi connectivity index (χ1n) is 6.12. The third kappa shape index (κ3) is 3.61. The third-order valence-electron chi connectivity index (χ3n) is 3.04. The number of amides is 1. The Morgan fingerprint density at radius 2 is 2.44 bits per heavy atom. The van der Waals surface area contributed by atoms with Crippen molar-refractivity contribution in [1.29, 1.82) is 0 Å². The number of Topliss-reactive ketones (excluding diaryl/α,β-unsaturated/α-hetero) is 1. The van der Waals surface area contributed by atoms with E-state index in [1.54, 1.807) is 0 Å². The Hall–Kier alpha value is -1.27. The number of nitrogens with one attached hydrogen (secondary N) is 2. The summed E-state index contributed by atoms with van der Waals surface area (Å²) in [7, 11) is 0. The smallest absolute Gasteiger partial charge is 0.226 e. The Morgan fingerprint density at radius 3 is 3.06 bits per heavy atom. The molecule has 98 valence electrons. The van der Waals surface area contributed by atoms with E-state index in [0.717, 1.165) is 25.9 Å². The molecular weight excluding hydrogens is 250 g/mol. The number of anilines is 1. The SMILES string of the molecule is CC(=O)c1cnc(NC(=O)CCC2CCNC2)s1. The molecule has 0 bridgehead atoms. The van der Waals surface area contributed by atoms with Crippen LogP contribution in [0, 0.1) is 5.92 Å². The van der Waals surface area contributed by atoms with Crippen molar-refractivity contribution in [1.82, 2.24) is 10.3 Å². The first-order chi connectivity index (χ1) is 8.65. The second kappa shape index (κ2) is 6.06. The van der Waals surface area contributed by atoms with Crippen LogP contribution in [-0.4, -0.2) is 29.8 Å². The van der Waals surface area contributed by atoms with Crippen molar-refractivity contribution in [2.24, 2.45) is 5.92 Å². The highest BCUT2D eigenvalue weighted by Gasteiger charge is 2.16. The predicted octanol–water partition coefficient (Wildman–Crippen LogP) is 1.67. The molecule has 2 heterocycles. The first kappa shape index (κ1) is 13.2. The van der Waals surface area contributed by atoms with Crippen LogP contribution in [-0.2, 0) is 4.79 Å². The van der Waals surface area contributed by atoms with Crippen LogP contribution in [0.25, 0.3) is 0 Å². The van der Waals surface area contributed by atoms with Crippen LogP contribution in [0.2, 0.25) is 0 Å². The summed E-state index contributed by atoms with van der Waals surface area (Å²) < 4.78 is 0. The number of nitrogens with zero attached hydrogens (tertiary/aromatic N) is 1. The lowest BCUT2D eigenvalue weighted by molar-refractivity contribution is -0.116. The van der Waals surface area contributed by atoms with Gasteiger partial charge >= 0.3 is 0 Å². The molecule has 0 aromatic carbocycles. The molecule has 1 amide bonds.